The van der Waals surface area contributed by atoms with Crippen LogP contribution in [0.5, 0.6) is 11.5 Å². The molecule has 8 nitrogen and oxygen atoms in total. The second-order valence-electron chi connectivity index (χ2n) is 7.41. The van der Waals surface area contributed by atoms with E-state index >= 15 is 0 Å². The molecule has 3 rings (SSSR count). The van der Waals surface area contributed by atoms with Gasteiger partial charge in [0.2, 0.25) is 0 Å². The van der Waals surface area contributed by atoms with Crippen LogP contribution in [0.3, 0.4) is 0 Å². The van der Waals surface area contributed by atoms with Crippen LogP contribution >= 0.6 is 0 Å². The summed E-state index contributed by atoms with van der Waals surface area (Å²) >= 11 is 0. The first-order chi connectivity index (χ1) is 17.5. The van der Waals surface area contributed by atoms with E-state index in [0.717, 1.165) is 17.2 Å². The number of hydrogen-bond acceptors (Lipinski definition) is 8. The fraction of sp³-hybridized carbons (Fsp3) is 0.143. The van der Waals surface area contributed by atoms with Crippen LogP contribution < -0.4 is 9.47 Å². The van der Waals surface area contributed by atoms with E-state index in [4.69, 9.17) is 24.2 Å². The quantitative estimate of drug-likeness (QED) is 0.122. The summed E-state index contributed by atoms with van der Waals surface area (Å²) in [6, 6.07) is 22.1. The molecular formula is C28H23NO7. The van der Waals surface area contributed by atoms with Gasteiger partial charge >= 0.3 is 18.1 Å². The molecule has 0 aliphatic carbocycles. The second kappa shape index (κ2) is 13.1. The summed E-state index contributed by atoms with van der Waals surface area (Å²) in [5.74, 6) is -0.476. The molecule has 0 aliphatic rings. The minimum Gasteiger partial charge on any atom is -0.463 e. The van der Waals surface area contributed by atoms with E-state index in [1.54, 1.807) is 24.3 Å². The maximum atomic E-state index is 12.4. The first-order valence-electron chi connectivity index (χ1n) is 11.0. The third-order valence-corrected chi connectivity index (χ3v) is 4.87. The second-order valence-corrected chi connectivity index (χ2v) is 7.41. The van der Waals surface area contributed by atoms with Gasteiger partial charge in [-0.1, -0.05) is 30.8 Å². The Labute approximate surface area is 208 Å². The third-order valence-electron chi connectivity index (χ3n) is 4.87. The summed E-state index contributed by atoms with van der Waals surface area (Å²) in [5, 5.41) is 8.90. The average Bonchev–Trinajstić information content (AvgIpc) is 2.91. The van der Waals surface area contributed by atoms with Crippen molar-refractivity contribution < 1.29 is 33.3 Å². The van der Waals surface area contributed by atoms with Gasteiger partial charge < -0.3 is 18.9 Å². The lowest BCUT2D eigenvalue weighted by molar-refractivity contribution is -0.137. The highest BCUT2D eigenvalue weighted by Gasteiger charge is 2.11. The SMILES string of the molecule is C=CC(=O)OCCCCOC(=O)Oc1ccc(C(=O)Oc2ccc(-c3ccc(C#N)cc3)cc2)cc1. The van der Waals surface area contributed by atoms with E-state index in [-0.39, 0.29) is 24.5 Å². The Morgan fingerprint density at radius 3 is 1.86 bits per heavy atom. The van der Waals surface area contributed by atoms with Crippen molar-refractivity contribution in [2.75, 3.05) is 13.2 Å². The maximum absolute atomic E-state index is 12.4. The van der Waals surface area contributed by atoms with E-state index in [1.165, 1.54) is 24.3 Å². The summed E-state index contributed by atoms with van der Waals surface area (Å²) in [7, 11) is 0. The molecular weight excluding hydrogens is 462 g/mol. The van der Waals surface area contributed by atoms with Gasteiger partial charge in [-0.25, -0.2) is 14.4 Å². The maximum Gasteiger partial charge on any atom is 0.513 e. The molecule has 3 aromatic carbocycles. The van der Waals surface area contributed by atoms with Crippen molar-refractivity contribution in [3.8, 4) is 28.7 Å². The highest BCUT2D eigenvalue weighted by Crippen LogP contribution is 2.23. The molecule has 0 atom stereocenters. The number of carbonyl (C=O) groups excluding carboxylic acids is 3. The lowest BCUT2D eigenvalue weighted by Crippen LogP contribution is -2.12. The van der Waals surface area contributed by atoms with Gasteiger partial charge in [0.15, 0.2) is 0 Å². The van der Waals surface area contributed by atoms with Gasteiger partial charge in [-0.3, -0.25) is 0 Å². The van der Waals surface area contributed by atoms with Gasteiger partial charge in [-0.15, -0.1) is 0 Å². The fourth-order valence-corrected chi connectivity index (χ4v) is 2.99. The standard InChI is InChI=1S/C28H23NO7/c1-2-26(30)33-17-3-4-18-34-28(32)36-25-15-11-23(12-16-25)27(31)35-24-13-9-22(10-14-24)21-7-5-20(19-29)6-8-21/h2,5-16H,1,3-4,17-18H2. The first-order valence-corrected chi connectivity index (χ1v) is 11.0. The number of esters is 2. The van der Waals surface area contributed by atoms with Gasteiger partial charge in [0.25, 0.3) is 0 Å². The highest BCUT2D eigenvalue weighted by molar-refractivity contribution is 5.91. The largest absolute Gasteiger partial charge is 0.513 e. The fourth-order valence-electron chi connectivity index (χ4n) is 2.99. The topological polar surface area (TPSA) is 112 Å². The molecule has 0 saturated heterocycles. The van der Waals surface area contributed by atoms with Gasteiger partial charge in [0, 0.05) is 6.08 Å². The molecule has 0 radical (unpaired) electrons. The molecule has 0 bridgehead atoms. The molecule has 0 aromatic heterocycles. The van der Waals surface area contributed by atoms with Crippen molar-refractivity contribution >= 4 is 18.1 Å². The van der Waals surface area contributed by atoms with Crippen molar-refractivity contribution in [2.24, 2.45) is 0 Å². The zero-order valence-corrected chi connectivity index (χ0v) is 19.3. The Hall–Kier alpha value is -4.90. The predicted octanol–water partition coefficient (Wildman–Crippen LogP) is 5.47. The van der Waals surface area contributed by atoms with Crippen molar-refractivity contribution in [2.45, 2.75) is 12.8 Å². The normalized spacial score (nSPS) is 9.97. The molecule has 0 N–H and O–H groups in total. The first kappa shape index (κ1) is 25.7. The van der Waals surface area contributed by atoms with Crippen LogP contribution in [0.4, 0.5) is 4.79 Å². The zero-order valence-electron chi connectivity index (χ0n) is 19.3. The monoisotopic (exact) mass is 485 g/mol. The molecule has 0 unspecified atom stereocenters. The molecule has 182 valence electrons. The van der Waals surface area contributed by atoms with Gasteiger partial charge in [0.1, 0.15) is 11.5 Å². The Balaban J connectivity index is 1.44. The smallest absolute Gasteiger partial charge is 0.463 e. The van der Waals surface area contributed by atoms with E-state index in [9.17, 15) is 14.4 Å². The van der Waals surface area contributed by atoms with E-state index in [0.29, 0.717) is 24.2 Å². The van der Waals surface area contributed by atoms with Crippen LogP contribution in [0.1, 0.15) is 28.8 Å². The molecule has 3 aromatic rings. The van der Waals surface area contributed by atoms with E-state index < -0.39 is 18.1 Å². The molecule has 0 heterocycles. The minimum atomic E-state index is -0.879. The van der Waals surface area contributed by atoms with Gasteiger partial charge in [-0.2, -0.15) is 5.26 Å². The molecule has 0 fully saturated rings. The predicted molar refractivity (Wildman–Crippen MR) is 130 cm³/mol. The Morgan fingerprint density at radius 1 is 0.750 bits per heavy atom. The minimum absolute atomic E-state index is 0.110. The summed E-state index contributed by atoms with van der Waals surface area (Å²) in [6.07, 6.45) is 1.23. The molecule has 8 heteroatoms. The van der Waals surface area contributed by atoms with Crippen molar-refractivity contribution in [1.82, 2.24) is 0 Å². The van der Waals surface area contributed by atoms with Crippen molar-refractivity contribution in [3.05, 3.63) is 96.6 Å². The summed E-state index contributed by atoms with van der Waals surface area (Å²) in [5.41, 5.74) is 2.72. The Morgan fingerprint density at radius 2 is 1.28 bits per heavy atom. The number of carbonyl (C=O) groups is 3. The molecule has 0 amide bonds. The molecule has 36 heavy (non-hydrogen) atoms. The number of nitriles is 1. The van der Waals surface area contributed by atoms with Gasteiger partial charge in [0.05, 0.1) is 30.4 Å². The number of benzene rings is 3. The Bertz CT molecular complexity index is 1240. The summed E-state index contributed by atoms with van der Waals surface area (Å²) in [6.45, 7) is 3.62. The number of rotatable bonds is 10. The van der Waals surface area contributed by atoms with Crippen LogP contribution in [-0.4, -0.2) is 31.3 Å². The average molecular weight is 485 g/mol. The number of hydrogen-bond donors (Lipinski definition) is 0. The van der Waals surface area contributed by atoms with E-state index in [2.05, 4.69) is 12.6 Å². The number of unbranched alkanes of at least 4 members (excludes halogenated alkanes) is 1. The lowest BCUT2D eigenvalue weighted by atomic mass is 10.0. The number of ether oxygens (including phenoxy) is 4. The van der Waals surface area contributed by atoms with Gasteiger partial charge in [-0.05, 0) is 72.5 Å². The van der Waals surface area contributed by atoms with Crippen LogP contribution in [0.25, 0.3) is 11.1 Å². The van der Waals surface area contributed by atoms with Crippen LogP contribution in [0.15, 0.2) is 85.5 Å². The Kier molecular flexibility index (Phi) is 9.36. The molecule has 0 saturated carbocycles. The summed E-state index contributed by atoms with van der Waals surface area (Å²) in [4.78, 5) is 35.1. The molecule has 0 aliphatic heterocycles. The van der Waals surface area contributed by atoms with E-state index in [1.807, 2.05) is 24.3 Å². The van der Waals surface area contributed by atoms with Crippen molar-refractivity contribution in [1.29, 1.82) is 5.26 Å². The number of nitrogens with zero attached hydrogens (tertiary/aromatic N) is 1. The lowest BCUT2D eigenvalue weighted by Gasteiger charge is -2.08. The summed E-state index contributed by atoms with van der Waals surface area (Å²) < 4.78 is 20.3. The highest BCUT2D eigenvalue weighted by atomic mass is 16.7. The third kappa shape index (κ3) is 7.85. The van der Waals surface area contributed by atoms with Crippen LogP contribution in [0, 0.1) is 11.3 Å². The van der Waals surface area contributed by atoms with Crippen LogP contribution in [-0.2, 0) is 14.3 Å². The van der Waals surface area contributed by atoms with Crippen molar-refractivity contribution in [3.63, 3.8) is 0 Å². The zero-order chi connectivity index (χ0) is 25.8. The van der Waals surface area contributed by atoms with Crippen LogP contribution in [0.2, 0.25) is 0 Å². The molecule has 0 spiro atoms.